The van der Waals surface area contributed by atoms with E-state index in [9.17, 15) is 0 Å². The first kappa shape index (κ1) is 16.8. The Morgan fingerprint density at radius 3 is 2.45 bits per heavy atom. The Bertz CT molecular complexity index is 574. The Kier molecular flexibility index (Phi) is 7.22. The third kappa shape index (κ3) is 4.73. The minimum absolute atomic E-state index is 0.709. The van der Waals surface area contributed by atoms with Crippen LogP contribution < -0.4 is 0 Å². The maximum atomic E-state index is 2.35. The van der Waals surface area contributed by atoms with E-state index in [1.54, 1.807) is 5.56 Å². The Morgan fingerprint density at radius 2 is 1.64 bits per heavy atom. The van der Waals surface area contributed by atoms with Crippen LogP contribution in [0.15, 0.2) is 54.6 Å². The SMILES string of the molecule is CCC=CCCCC(CCCC)c1cccc2ccccc12. The smallest absolute Gasteiger partial charge is 0.0149 e. The van der Waals surface area contributed by atoms with Crippen LogP contribution in [0.5, 0.6) is 0 Å². The molecule has 1 unspecified atom stereocenters. The van der Waals surface area contributed by atoms with Gasteiger partial charge in [0.1, 0.15) is 0 Å². The minimum atomic E-state index is 0.709. The predicted octanol–water partition coefficient (Wildman–Crippen LogP) is 7.25. The molecule has 0 radical (unpaired) electrons. The fourth-order valence-electron chi connectivity index (χ4n) is 3.28. The normalized spacial score (nSPS) is 13.0. The molecule has 0 aromatic heterocycles. The molecule has 0 N–H and O–H groups in total. The summed E-state index contributed by atoms with van der Waals surface area (Å²) in [5, 5.41) is 2.84. The van der Waals surface area contributed by atoms with Gasteiger partial charge in [-0.2, -0.15) is 0 Å². The molecule has 0 nitrogen and oxygen atoms in total. The van der Waals surface area contributed by atoms with Crippen molar-refractivity contribution in [2.24, 2.45) is 0 Å². The van der Waals surface area contributed by atoms with Crippen molar-refractivity contribution in [2.75, 3.05) is 0 Å². The monoisotopic (exact) mass is 294 g/mol. The fraction of sp³-hybridized carbons (Fsp3) is 0.455. The average Bonchev–Trinajstić information content (AvgIpc) is 2.57. The van der Waals surface area contributed by atoms with Gasteiger partial charge in [-0.05, 0) is 54.4 Å². The van der Waals surface area contributed by atoms with Crippen LogP contribution >= 0.6 is 0 Å². The quantitative estimate of drug-likeness (QED) is 0.337. The predicted molar refractivity (Wildman–Crippen MR) is 99.5 cm³/mol. The van der Waals surface area contributed by atoms with Crippen molar-refractivity contribution in [3.8, 4) is 0 Å². The first-order chi connectivity index (χ1) is 10.9. The van der Waals surface area contributed by atoms with Crippen LogP contribution in [-0.4, -0.2) is 0 Å². The first-order valence-corrected chi connectivity index (χ1v) is 8.99. The number of allylic oxidation sites excluding steroid dienone is 2. The van der Waals surface area contributed by atoms with Crippen molar-refractivity contribution in [1.82, 2.24) is 0 Å². The molecule has 0 saturated carbocycles. The number of fused-ring (bicyclic) bond motifs is 1. The summed E-state index contributed by atoms with van der Waals surface area (Å²) in [6, 6.07) is 15.7. The number of unbranched alkanes of at least 4 members (excludes halogenated alkanes) is 2. The topological polar surface area (TPSA) is 0 Å². The summed E-state index contributed by atoms with van der Waals surface area (Å²) in [6.07, 6.45) is 13.6. The lowest BCUT2D eigenvalue weighted by Gasteiger charge is -2.19. The lowest BCUT2D eigenvalue weighted by atomic mass is 9.86. The molecule has 0 heteroatoms. The summed E-state index contributed by atoms with van der Waals surface area (Å²) in [6.45, 7) is 4.50. The highest BCUT2D eigenvalue weighted by molar-refractivity contribution is 5.86. The van der Waals surface area contributed by atoms with Gasteiger partial charge < -0.3 is 0 Å². The highest BCUT2D eigenvalue weighted by atomic mass is 14.2. The van der Waals surface area contributed by atoms with Crippen LogP contribution in [0.2, 0.25) is 0 Å². The Hall–Kier alpha value is -1.56. The minimum Gasteiger partial charge on any atom is -0.0888 e. The van der Waals surface area contributed by atoms with Crippen molar-refractivity contribution in [3.05, 3.63) is 60.2 Å². The first-order valence-electron chi connectivity index (χ1n) is 8.99. The number of benzene rings is 2. The highest BCUT2D eigenvalue weighted by Gasteiger charge is 2.13. The number of rotatable bonds is 9. The molecule has 1 atom stereocenters. The molecule has 22 heavy (non-hydrogen) atoms. The highest BCUT2D eigenvalue weighted by Crippen LogP contribution is 2.33. The van der Waals surface area contributed by atoms with E-state index >= 15 is 0 Å². The van der Waals surface area contributed by atoms with Crippen LogP contribution in [0.4, 0.5) is 0 Å². The Balaban J connectivity index is 2.14. The summed E-state index contributed by atoms with van der Waals surface area (Å²) in [4.78, 5) is 0. The summed E-state index contributed by atoms with van der Waals surface area (Å²) in [5.41, 5.74) is 1.56. The van der Waals surface area contributed by atoms with Crippen molar-refractivity contribution >= 4 is 10.8 Å². The van der Waals surface area contributed by atoms with Crippen LogP contribution in [0.25, 0.3) is 10.8 Å². The van der Waals surface area contributed by atoms with Crippen LogP contribution in [-0.2, 0) is 0 Å². The molecule has 0 aliphatic rings. The van der Waals surface area contributed by atoms with Gasteiger partial charge in [0.2, 0.25) is 0 Å². The lowest BCUT2D eigenvalue weighted by Crippen LogP contribution is -2.00. The standard InChI is InChI=1S/C22H30/c1-3-5-7-8-9-14-19(13-6-4-2)22-18-12-16-20-15-10-11-17-21(20)22/h5,7,10-12,15-19H,3-4,6,8-9,13-14H2,1-2H3. The van der Waals surface area contributed by atoms with E-state index in [1.165, 1.54) is 49.3 Å². The molecule has 0 bridgehead atoms. The molecule has 0 saturated heterocycles. The van der Waals surface area contributed by atoms with E-state index in [-0.39, 0.29) is 0 Å². The van der Waals surface area contributed by atoms with Gasteiger partial charge >= 0.3 is 0 Å². The molecule has 0 aliphatic heterocycles. The molecule has 0 spiro atoms. The fourth-order valence-corrected chi connectivity index (χ4v) is 3.28. The molecule has 0 fully saturated rings. The Morgan fingerprint density at radius 1 is 0.864 bits per heavy atom. The molecular formula is C22H30. The molecule has 0 amide bonds. The molecular weight excluding hydrogens is 264 g/mol. The van der Waals surface area contributed by atoms with Gasteiger partial charge in [0, 0.05) is 0 Å². The number of hydrogen-bond donors (Lipinski definition) is 0. The average molecular weight is 294 g/mol. The largest absolute Gasteiger partial charge is 0.0888 e. The van der Waals surface area contributed by atoms with E-state index in [1.807, 2.05) is 0 Å². The van der Waals surface area contributed by atoms with E-state index in [0.717, 1.165) is 6.42 Å². The third-order valence-electron chi connectivity index (χ3n) is 4.50. The van der Waals surface area contributed by atoms with Gasteiger partial charge in [-0.15, -0.1) is 0 Å². The molecule has 2 rings (SSSR count). The zero-order chi connectivity index (χ0) is 15.6. The summed E-state index contributed by atoms with van der Waals surface area (Å²) in [7, 11) is 0. The molecule has 2 aromatic carbocycles. The van der Waals surface area contributed by atoms with Gasteiger partial charge in [-0.25, -0.2) is 0 Å². The summed E-state index contributed by atoms with van der Waals surface area (Å²) < 4.78 is 0. The van der Waals surface area contributed by atoms with Crippen LogP contribution in [0, 0.1) is 0 Å². The van der Waals surface area contributed by atoms with Crippen molar-refractivity contribution < 1.29 is 0 Å². The van der Waals surface area contributed by atoms with Crippen molar-refractivity contribution in [1.29, 1.82) is 0 Å². The van der Waals surface area contributed by atoms with Crippen LogP contribution in [0.3, 0.4) is 0 Å². The molecule has 0 aliphatic carbocycles. The maximum absolute atomic E-state index is 2.35. The van der Waals surface area contributed by atoms with Gasteiger partial charge in [0.15, 0.2) is 0 Å². The second-order valence-corrected chi connectivity index (χ2v) is 6.22. The maximum Gasteiger partial charge on any atom is -0.0149 e. The van der Waals surface area contributed by atoms with E-state index in [0.29, 0.717) is 5.92 Å². The van der Waals surface area contributed by atoms with Crippen molar-refractivity contribution in [2.45, 2.75) is 64.7 Å². The van der Waals surface area contributed by atoms with E-state index in [4.69, 9.17) is 0 Å². The molecule has 2 aromatic rings. The second-order valence-electron chi connectivity index (χ2n) is 6.22. The third-order valence-corrected chi connectivity index (χ3v) is 4.50. The van der Waals surface area contributed by atoms with Gasteiger partial charge in [-0.1, -0.05) is 81.3 Å². The van der Waals surface area contributed by atoms with Gasteiger partial charge in [0.25, 0.3) is 0 Å². The second kappa shape index (κ2) is 9.46. The summed E-state index contributed by atoms with van der Waals surface area (Å²) >= 11 is 0. The lowest BCUT2D eigenvalue weighted by molar-refractivity contribution is 0.534. The van der Waals surface area contributed by atoms with Gasteiger partial charge in [0.05, 0.1) is 0 Å². The summed E-state index contributed by atoms with van der Waals surface area (Å²) in [5.74, 6) is 0.709. The van der Waals surface area contributed by atoms with Crippen molar-refractivity contribution in [3.63, 3.8) is 0 Å². The number of hydrogen-bond acceptors (Lipinski definition) is 0. The van der Waals surface area contributed by atoms with Crippen LogP contribution in [0.1, 0.15) is 70.3 Å². The Labute approximate surface area is 136 Å². The molecule has 118 valence electrons. The molecule has 0 heterocycles. The van der Waals surface area contributed by atoms with E-state index in [2.05, 4.69) is 68.5 Å². The van der Waals surface area contributed by atoms with Gasteiger partial charge in [-0.3, -0.25) is 0 Å². The zero-order valence-corrected chi connectivity index (χ0v) is 14.2. The van der Waals surface area contributed by atoms with E-state index < -0.39 is 0 Å². The zero-order valence-electron chi connectivity index (χ0n) is 14.2.